The van der Waals surface area contributed by atoms with Crippen molar-refractivity contribution in [3.8, 4) is 0 Å². The number of nitrogens with two attached hydrogens (primary N) is 1. The van der Waals surface area contributed by atoms with Gasteiger partial charge in [-0.25, -0.2) is 13.8 Å². The fourth-order valence-corrected chi connectivity index (χ4v) is 0.950. The Morgan fingerprint density at radius 1 is 1.36 bits per heavy atom. The summed E-state index contributed by atoms with van der Waals surface area (Å²) in [7, 11) is 0. The summed E-state index contributed by atoms with van der Waals surface area (Å²) < 4.78 is 24.3. The molecule has 76 valence electrons. The molecule has 0 unspecified atom stereocenters. The van der Waals surface area contributed by atoms with Crippen molar-refractivity contribution in [2.24, 2.45) is 10.7 Å². The first-order valence-corrected chi connectivity index (χ1v) is 4.44. The van der Waals surface area contributed by atoms with Crippen LogP contribution < -0.4 is 5.73 Å². The van der Waals surface area contributed by atoms with Gasteiger partial charge in [0.15, 0.2) is 0 Å². The minimum atomic E-state index is -2.46. The molecule has 1 aromatic rings. The molecule has 0 spiro atoms. The topological polar surface area (TPSA) is 38.4 Å². The number of aliphatic imine (C=N–C) groups is 1. The van der Waals surface area contributed by atoms with Gasteiger partial charge in [-0.1, -0.05) is 12.1 Å². The van der Waals surface area contributed by atoms with Crippen molar-refractivity contribution in [1.82, 2.24) is 0 Å². The normalized spacial score (nSPS) is 12.1. The van der Waals surface area contributed by atoms with E-state index in [2.05, 4.69) is 4.99 Å². The van der Waals surface area contributed by atoms with Crippen molar-refractivity contribution < 1.29 is 8.78 Å². The van der Waals surface area contributed by atoms with E-state index in [1.54, 1.807) is 0 Å². The van der Waals surface area contributed by atoms with Crippen LogP contribution in [-0.4, -0.2) is 11.7 Å². The predicted octanol–water partition coefficient (Wildman–Crippen LogP) is 2.85. The smallest absolute Gasteiger partial charge is 0.263 e. The van der Waals surface area contributed by atoms with Crippen molar-refractivity contribution in [2.45, 2.75) is 6.43 Å². The van der Waals surface area contributed by atoms with E-state index in [1.165, 1.54) is 24.3 Å². The molecule has 1 rings (SSSR count). The number of alkyl halides is 3. The molecule has 0 amide bonds. The summed E-state index contributed by atoms with van der Waals surface area (Å²) in [5, 5.41) is 0. The van der Waals surface area contributed by atoms with Crippen LogP contribution in [0.15, 0.2) is 29.3 Å². The molecule has 5 heteroatoms. The largest absolute Gasteiger partial charge is 0.386 e. The first kappa shape index (κ1) is 10.9. The van der Waals surface area contributed by atoms with Crippen LogP contribution in [0.4, 0.5) is 14.5 Å². The standard InChI is InChI=1S/C9H9ClF2N2/c10-5-8(13)14-7-3-1-6(2-4-7)9(11)12/h1-4,9H,5H2,(H2,13,14). The third-order valence-electron chi connectivity index (χ3n) is 1.55. The molecule has 2 N–H and O–H groups in total. The molecule has 0 radical (unpaired) electrons. The highest BCUT2D eigenvalue weighted by atomic mass is 35.5. The number of benzene rings is 1. The van der Waals surface area contributed by atoms with Crippen LogP contribution in [0.5, 0.6) is 0 Å². The highest BCUT2D eigenvalue weighted by molar-refractivity contribution is 6.28. The van der Waals surface area contributed by atoms with Gasteiger partial charge in [0, 0.05) is 5.56 Å². The minimum absolute atomic E-state index is 0.0339. The summed E-state index contributed by atoms with van der Waals surface area (Å²) in [6.45, 7) is 0. The van der Waals surface area contributed by atoms with E-state index in [0.717, 1.165) is 0 Å². The fraction of sp³-hybridized carbons (Fsp3) is 0.222. The van der Waals surface area contributed by atoms with E-state index in [1.807, 2.05) is 0 Å². The molecule has 0 aliphatic rings. The summed E-state index contributed by atoms with van der Waals surface area (Å²) in [6.07, 6.45) is -2.46. The van der Waals surface area contributed by atoms with Gasteiger partial charge in [-0.3, -0.25) is 0 Å². The van der Waals surface area contributed by atoms with Crippen molar-refractivity contribution in [3.63, 3.8) is 0 Å². The fourth-order valence-electron chi connectivity index (χ4n) is 0.890. The molecule has 0 heterocycles. The number of halogens is 3. The summed E-state index contributed by atoms with van der Waals surface area (Å²) in [4.78, 5) is 3.90. The van der Waals surface area contributed by atoms with Crippen LogP contribution in [0.1, 0.15) is 12.0 Å². The molecule has 0 aliphatic carbocycles. The lowest BCUT2D eigenvalue weighted by Crippen LogP contribution is -2.12. The van der Waals surface area contributed by atoms with Crippen LogP contribution in [0.3, 0.4) is 0 Å². The zero-order valence-electron chi connectivity index (χ0n) is 7.25. The molecule has 0 aromatic heterocycles. The minimum Gasteiger partial charge on any atom is -0.386 e. The van der Waals surface area contributed by atoms with E-state index in [4.69, 9.17) is 17.3 Å². The van der Waals surface area contributed by atoms with Crippen molar-refractivity contribution in [2.75, 3.05) is 5.88 Å². The van der Waals surface area contributed by atoms with Crippen LogP contribution in [0, 0.1) is 0 Å². The van der Waals surface area contributed by atoms with E-state index in [-0.39, 0.29) is 17.3 Å². The molecule has 0 aliphatic heterocycles. The average molecular weight is 219 g/mol. The molecule has 0 saturated carbocycles. The Bertz CT molecular complexity index is 322. The third kappa shape index (κ3) is 2.96. The number of hydrogen-bond acceptors (Lipinski definition) is 1. The Balaban J connectivity index is 2.84. The van der Waals surface area contributed by atoms with Gasteiger partial charge in [-0.15, -0.1) is 11.6 Å². The summed E-state index contributed by atoms with van der Waals surface area (Å²) in [5.74, 6) is 0.382. The SMILES string of the molecule is NC(CCl)=Nc1ccc(C(F)F)cc1. The number of nitrogens with zero attached hydrogens (tertiary/aromatic N) is 1. The molecular formula is C9H9ClF2N2. The van der Waals surface area contributed by atoms with Gasteiger partial charge >= 0.3 is 0 Å². The summed E-state index contributed by atoms with van der Waals surface area (Å²) in [6, 6.07) is 5.57. The molecule has 0 bridgehead atoms. The summed E-state index contributed by atoms with van der Waals surface area (Å²) in [5.41, 5.74) is 5.86. The molecule has 0 saturated heterocycles. The van der Waals surface area contributed by atoms with E-state index >= 15 is 0 Å². The maximum Gasteiger partial charge on any atom is 0.263 e. The lowest BCUT2D eigenvalue weighted by Gasteiger charge is -2.00. The quantitative estimate of drug-likeness (QED) is 0.473. The molecule has 14 heavy (non-hydrogen) atoms. The Morgan fingerprint density at radius 2 is 1.93 bits per heavy atom. The second-order valence-electron chi connectivity index (χ2n) is 2.63. The zero-order chi connectivity index (χ0) is 10.6. The number of rotatable bonds is 3. The first-order chi connectivity index (χ1) is 6.63. The molecule has 1 aromatic carbocycles. The second-order valence-corrected chi connectivity index (χ2v) is 2.90. The Labute approximate surface area is 85.4 Å². The van der Waals surface area contributed by atoms with Gasteiger partial charge in [0.05, 0.1) is 11.6 Å². The van der Waals surface area contributed by atoms with Crippen LogP contribution in [0.25, 0.3) is 0 Å². The van der Waals surface area contributed by atoms with Crippen molar-refractivity contribution in [1.29, 1.82) is 0 Å². The Morgan fingerprint density at radius 3 is 2.36 bits per heavy atom. The van der Waals surface area contributed by atoms with Gasteiger partial charge in [-0.2, -0.15) is 0 Å². The monoisotopic (exact) mass is 218 g/mol. The maximum atomic E-state index is 12.1. The molecular weight excluding hydrogens is 210 g/mol. The summed E-state index contributed by atoms with van der Waals surface area (Å²) >= 11 is 5.41. The van der Waals surface area contributed by atoms with Gasteiger partial charge in [-0.05, 0) is 12.1 Å². The van der Waals surface area contributed by atoms with Gasteiger partial charge in [0.25, 0.3) is 6.43 Å². The van der Waals surface area contributed by atoms with Gasteiger partial charge in [0.2, 0.25) is 0 Å². The maximum absolute atomic E-state index is 12.1. The third-order valence-corrected chi connectivity index (χ3v) is 1.83. The predicted molar refractivity (Wildman–Crippen MR) is 53.4 cm³/mol. The lowest BCUT2D eigenvalue weighted by molar-refractivity contribution is 0.151. The number of amidine groups is 1. The van der Waals surface area contributed by atoms with E-state index in [9.17, 15) is 8.78 Å². The highest BCUT2D eigenvalue weighted by Gasteiger charge is 2.05. The van der Waals surface area contributed by atoms with Gasteiger partial charge in [0.1, 0.15) is 5.84 Å². The Kier molecular flexibility index (Phi) is 3.83. The van der Waals surface area contributed by atoms with Crippen molar-refractivity contribution in [3.05, 3.63) is 29.8 Å². The van der Waals surface area contributed by atoms with Crippen LogP contribution in [0.2, 0.25) is 0 Å². The highest BCUT2D eigenvalue weighted by Crippen LogP contribution is 2.21. The molecule has 0 fully saturated rings. The van der Waals surface area contributed by atoms with Crippen molar-refractivity contribution >= 4 is 23.1 Å². The molecule has 2 nitrogen and oxygen atoms in total. The second kappa shape index (κ2) is 4.91. The van der Waals surface area contributed by atoms with Crippen LogP contribution in [-0.2, 0) is 0 Å². The average Bonchev–Trinajstić information content (AvgIpc) is 2.18. The zero-order valence-corrected chi connectivity index (χ0v) is 8.01. The lowest BCUT2D eigenvalue weighted by atomic mass is 10.2. The number of hydrogen-bond donors (Lipinski definition) is 1. The molecule has 0 atom stereocenters. The van der Waals surface area contributed by atoms with Gasteiger partial charge < -0.3 is 5.73 Å². The van der Waals surface area contributed by atoms with E-state index < -0.39 is 6.43 Å². The Hall–Kier alpha value is -1.16. The van der Waals surface area contributed by atoms with Crippen LogP contribution >= 0.6 is 11.6 Å². The van der Waals surface area contributed by atoms with E-state index in [0.29, 0.717) is 5.69 Å². The first-order valence-electron chi connectivity index (χ1n) is 3.90.